The van der Waals surface area contributed by atoms with Gasteiger partial charge in [-0.3, -0.25) is 4.79 Å². The summed E-state index contributed by atoms with van der Waals surface area (Å²) in [7, 11) is -4.00. The van der Waals surface area contributed by atoms with E-state index in [1.807, 2.05) is 36.4 Å². The molecule has 0 saturated carbocycles. The van der Waals surface area contributed by atoms with Crippen molar-refractivity contribution in [1.82, 2.24) is 4.41 Å². The van der Waals surface area contributed by atoms with Gasteiger partial charge >= 0.3 is 0 Å². The van der Waals surface area contributed by atoms with Crippen molar-refractivity contribution >= 4 is 38.9 Å². The molecule has 0 bridgehead atoms. The number of hydrogen-bond acceptors (Lipinski definition) is 4. The van der Waals surface area contributed by atoms with Crippen LogP contribution >= 0.6 is 11.6 Å². The largest absolute Gasteiger partial charge is 0.324 e. The molecule has 6 nitrogen and oxygen atoms in total. The SMILES string of the molecule is O=C(CN1N=C(c2ccccc2)c2cc(Cl)ccc2S1(=O)=O)Nc1ccccc1. The van der Waals surface area contributed by atoms with Crippen LogP contribution in [0.5, 0.6) is 0 Å². The van der Waals surface area contributed by atoms with Gasteiger partial charge in [0.1, 0.15) is 12.3 Å². The minimum Gasteiger partial charge on any atom is -0.324 e. The van der Waals surface area contributed by atoms with E-state index in [-0.39, 0.29) is 4.90 Å². The van der Waals surface area contributed by atoms with Crippen LogP contribution in [0.2, 0.25) is 5.02 Å². The maximum absolute atomic E-state index is 13.1. The van der Waals surface area contributed by atoms with Gasteiger partial charge in [0.15, 0.2) is 0 Å². The molecule has 1 aliphatic rings. The molecule has 0 aliphatic carbocycles. The van der Waals surface area contributed by atoms with Crippen molar-refractivity contribution in [2.24, 2.45) is 5.10 Å². The smallest absolute Gasteiger partial charge is 0.280 e. The average Bonchev–Trinajstić information content (AvgIpc) is 2.71. The van der Waals surface area contributed by atoms with Gasteiger partial charge < -0.3 is 5.32 Å². The minimum atomic E-state index is -4.00. The highest BCUT2D eigenvalue weighted by Crippen LogP contribution is 2.31. The number of nitrogens with one attached hydrogen (secondary N) is 1. The highest BCUT2D eigenvalue weighted by molar-refractivity contribution is 7.89. The zero-order valence-corrected chi connectivity index (χ0v) is 16.7. The summed E-state index contributed by atoms with van der Waals surface area (Å²) in [6.07, 6.45) is 0. The van der Waals surface area contributed by atoms with Gasteiger partial charge in [-0.1, -0.05) is 60.1 Å². The van der Waals surface area contributed by atoms with Crippen LogP contribution in [0.4, 0.5) is 5.69 Å². The van der Waals surface area contributed by atoms with Crippen LogP contribution in [0.25, 0.3) is 0 Å². The lowest BCUT2D eigenvalue weighted by atomic mass is 10.0. The predicted molar refractivity (Wildman–Crippen MR) is 112 cm³/mol. The zero-order valence-electron chi connectivity index (χ0n) is 15.1. The molecule has 8 heteroatoms. The molecular weight excluding hydrogens is 410 g/mol. The second-order valence-corrected chi connectivity index (χ2v) is 8.60. The van der Waals surface area contributed by atoms with Crippen molar-refractivity contribution in [1.29, 1.82) is 0 Å². The fraction of sp³-hybridized carbons (Fsp3) is 0.0476. The zero-order chi connectivity index (χ0) is 20.4. The van der Waals surface area contributed by atoms with E-state index in [1.54, 1.807) is 30.3 Å². The molecule has 0 aromatic heterocycles. The van der Waals surface area contributed by atoms with Gasteiger partial charge in [0, 0.05) is 21.8 Å². The molecule has 4 rings (SSSR count). The molecule has 1 amide bonds. The van der Waals surface area contributed by atoms with Crippen LogP contribution < -0.4 is 5.32 Å². The summed E-state index contributed by atoms with van der Waals surface area (Å²) in [4.78, 5) is 12.5. The third-order valence-corrected chi connectivity index (χ3v) is 6.26. The summed E-state index contributed by atoms with van der Waals surface area (Å²) in [5, 5.41) is 7.39. The number of hydrazone groups is 1. The first-order valence-corrected chi connectivity index (χ1v) is 10.6. The number of carbonyl (C=O) groups is 1. The third-order valence-electron chi connectivity index (χ3n) is 4.35. The quantitative estimate of drug-likeness (QED) is 0.691. The average molecular weight is 426 g/mol. The summed E-state index contributed by atoms with van der Waals surface area (Å²) in [6.45, 7) is -0.449. The Balaban J connectivity index is 1.74. The molecule has 1 aliphatic heterocycles. The maximum Gasteiger partial charge on any atom is 0.280 e. The molecule has 29 heavy (non-hydrogen) atoms. The molecule has 1 N–H and O–H groups in total. The van der Waals surface area contributed by atoms with E-state index < -0.39 is 22.5 Å². The lowest BCUT2D eigenvalue weighted by molar-refractivity contribution is -0.116. The van der Waals surface area contributed by atoms with Crippen molar-refractivity contribution in [3.8, 4) is 0 Å². The Hall–Kier alpha value is -3.16. The Kier molecular flexibility index (Phi) is 5.08. The number of amides is 1. The van der Waals surface area contributed by atoms with Gasteiger partial charge in [-0.2, -0.15) is 17.9 Å². The predicted octanol–water partition coefficient (Wildman–Crippen LogP) is 3.74. The molecule has 0 unspecified atom stereocenters. The maximum atomic E-state index is 13.1. The molecule has 146 valence electrons. The topological polar surface area (TPSA) is 78.8 Å². The highest BCUT2D eigenvalue weighted by atomic mass is 35.5. The molecule has 0 radical (unpaired) electrons. The number of para-hydroxylation sites is 1. The number of sulfonamides is 1. The summed E-state index contributed by atoms with van der Waals surface area (Å²) >= 11 is 6.11. The number of anilines is 1. The van der Waals surface area contributed by atoms with Crippen molar-refractivity contribution in [2.45, 2.75) is 4.90 Å². The normalized spacial score (nSPS) is 14.7. The Bertz CT molecular complexity index is 1200. The molecule has 0 atom stereocenters. The van der Waals surface area contributed by atoms with Crippen LogP contribution in [-0.2, 0) is 14.8 Å². The van der Waals surface area contributed by atoms with E-state index in [9.17, 15) is 13.2 Å². The standard InChI is InChI=1S/C21H16ClN3O3S/c22-16-11-12-19-18(13-16)21(15-7-3-1-4-8-15)24-25(29(19,27)28)14-20(26)23-17-9-5-2-6-10-17/h1-13H,14H2,(H,23,26). The first-order valence-electron chi connectivity index (χ1n) is 8.77. The second-order valence-electron chi connectivity index (χ2n) is 6.35. The van der Waals surface area contributed by atoms with E-state index in [4.69, 9.17) is 11.6 Å². The van der Waals surface area contributed by atoms with Gasteiger partial charge in [0.05, 0.1) is 4.90 Å². The van der Waals surface area contributed by atoms with Crippen molar-refractivity contribution in [2.75, 3.05) is 11.9 Å². The lowest BCUT2D eigenvalue weighted by Gasteiger charge is -2.27. The molecule has 3 aromatic rings. The number of fused-ring (bicyclic) bond motifs is 1. The van der Waals surface area contributed by atoms with Gasteiger partial charge in [0.2, 0.25) is 5.91 Å². The number of benzene rings is 3. The molecular formula is C21H16ClN3O3S. The lowest BCUT2D eigenvalue weighted by Crippen LogP contribution is -2.38. The van der Waals surface area contributed by atoms with E-state index >= 15 is 0 Å². The van der Waals surface area contributed by atoms with Crippen LogP contribution in [0.1, 0.15) is 11.1 Å². The summed E-state index contributed by atoms with van der Waals surface area (Å²) in [5.41, 5.74) is 2.14. The highest BCUT2D eigenvalue weighted by Gasteiger charge is 2.34. The van der Waals surface area contributed by atoms with Crippen LogP contribution in [-0.4, -0.2) is 31.0 Å². The monoisotopic (exact) mass is 425 g/mol. The van der Waals surface area contributed by atoms with Gasteiger partial charge in [-0.15, -0.1) is 0 Å². The minimum absolute atomic E-state index is 0.0586. The van der Waals surface area contributed by atoms with Gasteiger partial charge in [-0.25, -0.2) is 0 Å². The molecule has 0 spiro atoms. The van der Waals surface area contributed by atoms with Crippen molar-refractivity contribution in [3.05, 3.63) is 95.0 Å². The van der Waals surface area contributed by atoms with Crippen LogP contribution in [0.3, 0.4) is 0 Å². The number of halogens is 1. The Morgan fingerprint density at radius 2 is 1.62 bits per heavy atom. The summed E-state index contributed by atoms with van der Waals surface area (Å²) in [6, 6.07) is 22.5. The fourth-order valence-electron chi connectivity index (χ4n) is 3.02. The fourth-order valence-corrected chi connectivity index (χ4v) is 4.57. The number of rotatable bonds is 4. The van der Waals surface area contributed by atoms with Crippen molar-refractivity contribution < 1.29 is 13.2 Å². The molecule has 0 fully saturated rings. The number of hydrogen-bond donors (Lipinski definition) is 1. The first-order chi connectivity index (χ1) is 13.9. The Labute approximate surface area is 173 Å². The van der Waals surface area contributed by atoms with Crippen LogP contribution in [0.15, 0.2) is 88.9 Å². The third kappa shape index (κ3) is 3.87. The number of nitrogens with zero attached hydrogens (tertiary/aromatic N) is 2. The summed E-state index contributed by atoms with van der Waals surface area (Å²) in [5.74, 6) is -0.492. The van der Waals surface area contributed by atoms with Gasteiger partial charge in [-0.05, 0) is 30.3 Å². The van der Waals surface area contributed by atoms with Crippen molar-refractivity contribution in [3.63, 3.8) is 0 Å². The van der Waals surface area contributed by atoms with Gasteiger partial charge in [0.25, 0.3) is 10.0 Å². The Morgan fingerprint density at radius 3 is 2.31 bits per heavy atom. The Morgan fingerprint density at radius 1 is 0.966 bits per heavy atom. The van der Waals surface area contributed by atoms with Crippen LogP contribution in [0, 0.1) is 0 Å². The second kappa shape index (κ2) is 7.69. The molecule has 3 aromatic carbocycles. The van der Waals surface area contributed by atoms with E-state index in [0.717, 1.165) is 9.98 Å². The number of carbonyl (C=O) groups excluding carboxylic acids is 1. The molecule has 0 saturated heterocycles. The van der Waals surface area contributed by atoms with E-state index in [0.29, 0.717) is 22.0 Å². The molecule has 1 heterocycles. The van der Waals surface area contributed by atoms with E-state index in [2.05, 4.69) is 10.4 Å². The summed E-state index contributed by atoms with van der Waals surface area (Å²) < 4.78 is 27.0. The first kappa shape index (κ1) is 19.2. The van der Waals surface area contributed by atoms with E-state index in [1.165, 1.54) is 12.1 Å².